The molecule has 0 aliphatic heterocycles. The van der Waals surface area contributed by atoms with Crippen LogP contribution in [-0.4, -0.2) is 20.5 Å². The average Bonchev–Trinajstić information content (AvgIpc) is 2.15. The van der Waals surface area contributed by atoms with E-state index in [0.717, 1.165) is 11.8 Å². The number of aromatic amines is 1. The number of nitrogens with zero attached hydrogens (tertiary/aromatic N) is 2. The van der Waals surface area contributed by atoms with Crippen molar-refractivity contribution in [1.29, 1.82) is 0 Å². The van der Waals surface area contributed by atoms with Crippen molar-refractivity contribution in [1.82, 2.24) is 15.4 Å². The van der Waals surface area contributed by atoms with Crippen molar-refractivity contribution in [3.05, 3.63) is 6.20 Å². The summed E-state index contributed by atoms with van der Waals surface area (Å²) in [5, 5.41) is 10.2. The van der Waals surface area contributed by atoms with E-state index in [9.17, 15) is 4.79 Å². The molecular formula is C4H5N3OS. The number of carbonyl (C=O) groups excluding carboxylic acids is 1. The van der Waals surface area contributed by atoms with Gasteiger partial charge in [0.1, 0.15) is 5.03 Å². The highest BCUT2D eigenvalue weighted by molar-refractivity contribution is 8.13. The van der Waals surface area contributed by atoms with Crippen molar-refractivity contribution < 1.29 is 4.79 Å². The second-order valence-electron chi connectivity index (χ2n) is 1.41. The molecule has 1 N–H and O–H groups in total. The highest BCUT2D eigenvalue weighted by Crippen LogP contribution is 2.11. The molecular weight excluding hydrogens is 138 g/mol. The lowest BCUT2D eigenvalue weighted by atomic mass is 10.9. The number of carbonyl (C=O) groups is 1. The van der Waals surface area contributed by atoms with Gasteiger partial charge >= 0.3 is 0 Å². The number of H-pyrrole nitrogens is 1. The topological polar surface area (TPSA) is 58.6 Å². The summed E-state index contributed by atoms with van der Waals surface area (Å²) < 4.78 is 0. The maximum absolute atomic E-state index is 10.4. The Bertz CT molecular complexity index is 196. The van der Waals surface area contributed by atoms with Gasteiger partial charge < -0.3 is 0 Å². The third-order valence-electron chi connectivity index (χ3n) is 0.643. The number of nitrogens with one attached hydrogen (secondary N) is 1. The maximum atomic E-state index is 10.4. The Morgan fingerprint density at radius 3 is 3.11 bits per heavy atom. The molecule has 0 bridgehead atoms. The van der Waals surface area contributed by atoms with E-state index in [1.54, 1.807) is 6.20 Å². The lowest BCUT2D eigenvalue weighted by Crippen LogP contribution is -1.79. The van der Waals surface area contributed by atoms with E-state index in [-0.39, 0.29) is 5.12 Å². The summed E-state index contributed by atoms with van der Waals surface area (Å²) in [5.41, 5.74) is 0. The van der Waals surface area contributed by atoms with Crippen molar-refractivity contribution in [2.75, 3.05) is 0 Å². The van der Waals surface area contributed by atoms with Gasteiger partial charge in [0.2, 0.25) is 0 Å². The van der Waals surface area contributed by atoms with Crippen LogP contribution in [0.3, 0.4) is 0 Å². The Kier molecular flexibility index (Phi) is 1.84. The molecule has 1 aromatic heterocycles. The molecule has 1 aromatic rings. The Hall–Kier alpha value is -0.840. The van der Waals surface area contributed by atoms with Crippen LogP contribution in [0.2, 0.25) is 0 Å². The molecule has 0 aliphatic rings. The predicted octanol–water partition coefficient (Wildman–Crippen LogP) is 0.443. The molecule has 4 nitrogen and oxygen atoms in total. The van der Waals surface area contributed by atoms with Crippen LogP contribution in [0.25, 0.3) is 0 Å². The van der Waals surface area contributed by atoms with E-state index in [2.05, 4.69) is 15.4 Å². The molecule has 0 radical (unpaired) electrons. The molecule has 5 heteroatoms. The lowest BCUT2D eigenvalue weighted by molar-refractivity contribution is -0.109. The number of aromatic nitrogens is 3. The molecule has 0 aromatic carbocycles. The first kappa shape index (κ1) is 6.28. The summed E-state index contributed by atoms with van der Waals surface area (Å²) in [6.45, 7) is 1.49. The van der Waals surface area contributed by atoms with Crippen LogP contribution in [0.5, 0.6) is 0 Å². The van der Waals surface area contributed by atoms with Gasteiger partial charge in [-0.3, -0.25) is 9.89 Å². The third kappa shape index (κ3) is 1.85. The van der Waals surface area contributed by atoms with Crippen LogP contribution < -0.4 is 0 Å². The van der Waals surface area contributed by atoms with Gasteiger partial charge in [0.25, 0.3) is 0 Å². The average molecular weight is 143 g/mol. The van der Waals surface area contributed by atoms with Crippen LogP contribution >= 0.6 is 11.8 Å². The maximum Gasteiger partial charge on any atom is 0.192 e. The normalized spacial score (nSPS) is 9.44. The van der Waals surface area contributed by atoms with Crippen LogP contribution in [0.4, 0.5) is 0 Å². The Labute approximate surface area is 56.0 Å². The van der Waals surface area contributed by atoms with Crippen molar-refractivity contribution >= 4 is 16.9 Å². The molecule has 0 fully saturated rings. The van der Waals surface area contributed by atoms with E-state index in [1.165, 1.54) is 6.92 Å². The van der Waals surface area contributed by atoms with E-state index in [1.807, 2.05) is 0 Å². The molecule has 9 heavy (non-hydrogen) atoms. The summed E-state index contributed by atoms with van der Waals surface area (Å²) in [4.78, 5) is 10.4. The summed E-state index contributed by atoms with van der Waals surface area (Å²) in [6, 6.07) is 0. The first-order valence-electron chi connectivity index (χ1n) is 2.34. The molecule has 0 unspecified atom stereocenters. The van der Waals surface area contributed by atoms with Crippen LogP contribution in [-0.2, 0) is 4.79 Å². The third-order valence-corrected chi connectivity index (χ3v) is 1.34. The largest absolute Gasteiger partial charge is 0.287 e. The Balaban J connectivity index is 2.58. The summed E-state index contributed by atoms with van der Waals surface area (Å²) in [6.07, 6.45) is 1.58. The fourth-order valence-corrected chi connectivity index (χ4v) is 0.876. The van der Waals surface area contributed by atoms with Crippen molar-refractivity contribution in [3.8, 4) is 0 Å². The van der Waals surface area contributed by atoms with Gasteiger partial charge in [-0.2, -0.15) is 0 Å². The first-order chi connectivity index (χ1) is 4.29. The fraction of sp³-hybridized carbons (Fsp3) is 0.250. The molecule has 0 spiro atoms. The molecule has 1 heterocycles. The lowest BCUT2D eigenvalue weighted by Gasteiger charge is -1.82. The number of thioether (sulfide) groups is 1. The van der Waals surface area contributed by atoms with Crippen LogP contribution in [0.15, 0.2) is 11.2 Å². The monoisotopic (exact) mass is 143 g/mol. The van der Waals surface area contributed by atoms with Crippen molar-refractivity contribution in [2.24, 2.45) is 0 Å². The molecule has 1 rings (SSSR count). The molecule has 0 saturated heterocycles. The molecule has 0 amide bonds. The van der Waals surface area contributed by atoms with E-state index in [0.29, 0.717) is 5.03 Å². The van der Waals surface area contributed by atoms with Crippen LogP contribution in [0.1, 0.15) is 6.92 Å². The zero-order valence-corrected chi connectivity index (χ0v) is 5.60. The zero-order valence-electron chi connectivity index (χ0n) is 4.79. The van der Waals surface area contributed by atoms with E-state index in [4.69, 9.17) is 0 Å². The van der Waals surface area contributed by atoms with Crippen molar-refractivity contribution in [3.63, 3.8) is 0 Å². The Morgan fingerprint density at radius 1 is 1.89 bits per heavy atom. The molecule has 0 aliphatic carbocycles. The van der Waals surface area contributed by atoms with Gasteiger partial charge in [0, 0.05) is 6.92 Å². The van der Waals surface area contributed by atoms with E-state index >= 15 is 0 Å². The minimum Gasteiger partial charge on any atom is -0.287 e. The van der Waals surface area contributed by atoms with Gasteiger partial charge in [-0.05, 0) is 11.8 Å². The van der Waals surface area contributed by atoms with Gasteiger partial charge in [-0.1, -0.05) is 5.21 Å². The number of hydrogen-bond donors (Lipinski definition) is 1. The second-order valence-corrected chi connectivity index (χ2v) is 2.60. The standard InChI is InChI=1S/C4H5N3OS/c1-3(8)9-4-2-5-7-6-4/h2H,1H3,(H,5,6,7). The Morgan fingerprint density at radius 2 is 2.67 bits per heavy atom. The van der Waals surface area contributed by atoms with Gasteiger partial charge in [0.05, 0.1) is 6.20 Å². The van der Waals surface area contributed by atoms with Gasteiger partial charge in [0.15, 0.2) is 5.12 Å². The predicted molar refractivity (Wildman–Crippen MR) is 32.9 cm³/mol. The summed E-state index contributed by atoms with van der Waals surface area (Å²) >= 11 is 1.06. The van der Waals surface area contributed by atoms with Gasteiger partial charge in [-0.15, -0.1) is 5.10 Å². The molecule has 0 saturated carbocycles. The SMILES string of the molecule is CC(=O)Sc1c[nH]nn1. The number of hydrogen-bond acceptors (Lipinski definition) is 4. The quantitative estimate of drug-likeness (QED) is 0.579. The molecule has 48 valence electrons. The van der Waals surface area contributed by atoms with Crippen LogP contribution in [0, 0.1) is 0 Å². The summed E-state index contributed by atoms with van der Waals surface area (Å²) in [7, 11) is 0. The first-order valence-corrected chi connectivity index (χ1v) is 3.15. The minimum absolute atomic E-state index is 0.0175. The smallest absolute Gasteiger partial charge is 0.192 e. The zero-order chi connectivity index (χ0) is 6.69. The summed E-state index contributed by atoms with van der Waals surface area (Å²) in [5.74, 6) is 0. The second kappa shape index (κ2) is 2.63. The fourth-order valence-electron chi connectivity index (χ4n) is 0.388. The minimum atomic E-state index is 0.0175. The highest BCUT2D eigenvalue weighted by atomic mass is 32.2. The number of rotatable bonds is 1. The highest BCUT2D eigenvalue weighted by Gasteiger charge is 1.98. The molecule has 0 atom stereocenters. The van der Waals surface area contributed by atoms with Crippen molar-refractivity contribution in [2.45, 2.75) is 11.9 Å². The van der Waals surface area contributed by atoms with Gasteiger partial charge in [-0.25, -0.2) is 0 Å². The van der Waals surface area contributed by atoms with E-state index < -0.39 is 0 Å².